The number of benzene rings is 8. The van der Waals surface area contributed by atoms with E-state index in [1.54, 1.807) is 0 Å². The molecular formula is C60H51BN2O. The lowest BCUT2D eigenvalue weighted by molar-refractivity contribution is 0.331. The molecule has 3 nitrogen and oxygen atoms in total. The van der Waals surface area contributed by atoms with Crippen LogP contribution in [0.3, 0.4) is 0 Å². The van der Waals surface area contributed by atoms with Crippen molar-refractivity contribution in [2.24, 2.45) is 0 Å². The number of aromatic amines is 1. The molecule has 2 aliphatic carbocycles. The van der Waals surface area contributed by atoms with Gasteiger partial charge in [-0.05, 0) is 93.5 Å². The summed E-state index contributed by atoms with van der Waals surface area (Å²) in [5.41, 5.74) is 22.5. The average molecular weight is 827 g/mol. The van der Waals surface area contributed by atoms with Gasteiger partial charge in [0.2, 0.25) is 0 Å². The zero-order valence-electron chi connectivity index (χ0n) is 37.8. The summed E-state index contributed by atoms with van der Waals surface area (Å²) >= 11 is 0. The first-order valence-electron chi connectivity index (χ1n) is 23.2. The molecule has 3 aliphatic rings. The Bertz CT molecular complexity index is 3690. The van der Waals surface area contributed by atoms with Crippen LogP contribution < -0.4 is 10.4 Å². The van der Waals surface area contributed by atoms with Crippen LogP contribution in [0.1, 0.15) is 82.2 Å². The fourth-order valence-electron chi connectivity index (χ4n) is 12.2. The minimum Gasteiger partial charge on any atom is -0.456 e. The summed E-state index contributed by atoms with van der Waals surface area (Å²) in [5, 5.41) is 7.28. The fraction of sp³-hybridized carbons (Fsp3) is 0.200. The Kier molecular flexibility index (Phi) is 7.62. The third-order valence-electron chi connectivity index (χ3n) is 15.8. The third kappa shape index (κ3) is 5.11. The molecule has 310 valence electrons. The Labute approximate surface area is 375 Å². The summed E-state index contributed by atoms with van der Waals surface area (Å²) in [6, 6.07) is 54.5. The monoisotopic (exact) mass is 826 g/mol. The lowest BCUT2D eigenvalue weighted by atomic mass is 9.51. The molecule has 0 fully saturated rings. The molecule has 8 aromatic carbocycles. The van der Waals surface area contributed by atoms with Crippen LogP contribution in [0.25, 0.3) is 82.5 Å². The number of rotatable bonds is 3. The molecule has 10 aromatic rings. The highest BCUT2D eigenvalue weighted by molar-refractivity contribution is 6.69. The van der Waals surface area contributed by atoms with E-state index >= 15 is 0 Å². The van der Waals surface area contributed by atoms with E-state index < -0.39 is 0 Å². The standard InChI is InChI=1S/C60H51BN2O/c1-34-24-27-47(42(30-34)35-16-9-8-10-17-35)63-48-33-50-51(40-20-13-14-23-49(40)64-50)52(41-22-15-21-38-39-26-25-36-18-11-12-19-37(36)54(39)62-55(38)41)53(48)61-57-56(63)43-31-45-46(32-44(43)60(57,6)7)59(4,5)29-28-58(45,2)3/h8-27,30-33,61-62H,28-29H2,1-7H3. The Hall–Kier alpha value is -6.78. The van der Waals surface area contributed by atoms with Gasteiger partial charge in [-0.3, -0.25) is 0 Å². The number of anilines is 2. The van der Waals surface area contributed by atoms with Crippen LogP contribution in [0.2, 0.25) is 0 Å². The topological polar surface area (TPSA) is 32.2 Å². The summed E-state index contributed by atoms with van der Waals surface area (Å²) in [5.74, 6) is 0. The van der Waals surface area contributed by atoms with Crippen LogP contribution in [-0.2, 0) is 16.2 Å². The van der Waals surface area contributed by atoms with E-state index in [9.17, 15) is 0 Å². The molecule has 1 N–H and O–H groups in total. The van der Waals surface area contributed by atoms with Crippen molar-refractivity contribution < 1.29 is 4.42 Å². The molecule has 0 unspecified atom stereocenters. The van der Waals surface area contributed by atoms with Crippen LogP contribution in [-0.4, -0.2) is 12.3 Å². The SMILES string of the molecule is Cc1ccc(N2C3=C(Bc4c2cc2oc5ccccc5c2c4-c2cccc4c2[nH]c2c5ccccc5ccc42)C(C)(C)c2cc4c(cc23)C(C)(C)CCC4(C)C)c(-c2ccccc2)c1. The van der Waals surface area contributed by atoms with Gasteiger partial charge in [0, 0.05) is 66.5 Å². The van der Waals surface area contributed by atoms with Gasteiger partial charge in [0.25, 0.3) is 0 Å². The third-order valence-corrected chi connectivity index (χ3v) is 15.8. The van der Waals surface area contributed by atoms with E-state index in [4.69, 9.17) is 4.42 Å². The summed E-state index contributed by atoms with van der Waals surface area (Å²) in [6.07, 6.45) is 2.36. The number of aryl methyl sites for hydroxylation is 1. The minimum atomic E-state index is -0.234. The Morgan fingerprint density at radius 2 is 1.25 bits per heavy atom. The second kappa shape index (κ2) is 12.9. The number of nitrogens with zero attached hydrogens (tertiary/aromatic N) is 1. The number of H-pyrrole nitrogens is 1. The molecule has 0 saturated heterocycles. The van der Waals surface area contributed by atoms with Gasteiger partial charge in [0.15, 0.2) is 7.28 Å². The summed E-state index contributed by atoms with van der Waals surface area (Å²) in [6.45, 7) is 17.0. The van der Waals surface area contributed by atoms with Crippen LogP contribution >= 0.6 is 0 Å². The number of fused-ring (bicyclic) bond motifs is 12. The molecule has 0 atom stereocenters. The van der Waals surface area contributed by atoms with Gasteiger partial charge in [0.05, 0.1) is 16.7 Å². The van der Waals surface area contributed by atoms with E-state index in [-0.39, 0.29) is 16.2 Å². The van der Waals surface area contributed by atoms with Crippen molar-refractivity contribution in [1.29, 1.82) is 0 Å². The van der Waals surface area contributed by atoms with E-state index in [0.717, 1.165) is 29.3 Å². The zero-order chi connectivity index (χ0) is 43.4. The highest BCUT2D eigenvalue weighted by Crippen LogP contribution is 2.58. The van der Waals surface area contributed by atoms with Gasteiger partial charge >= 0.3 is 0 Å². The van der Waals surface area contributed by atoms with E-state index in [1.807, 2.05) is 0 Å². The van der Waals surface area contributed by atoms with E-state index in [1.165, 1.54) is 123 Å². The van der Waals surface area contributed by atoms with Crippen molar-refractivity contribution in [2.75, 3.05) is 4.90 Å². The predicted octanol–water partition coefficient (Wildman–Crippen LogP) is 15.2. The molecule has 13 rings (SSSR count). The minimum absolute atomic E-state index is 0.0704. The van der Waals surface area contributed by atoms with Gasteiger partial charge < -0.3 is 14.3 Å². The molecule has 1 aliphatic heterocycles. The number of hydrogen-bond acceptors (Lipinski definition) is 2. The second-order valence-corrected chi connectivity index (χ2v) is 20.8. The van der Waals surface area contributed by atoms with Crippen molar-refractivity contribution in [3.05, 3.63) is 179 Å². The maximum absolute atomic E-state index is 7.02. The van der Waals surface area contributed by atoms with Crippen LogP contribution in [0.5, 0.6) is 0 Å². The van der Waals surface area contributed by atoms with Gasteiger partial charge in [-0.15, -0.1) is 0 Å². The van der Waals surface area contributed by atoms with Crippen molar-refractivity contribution in [2.45, 2.75) is 77.6 Å². The molecule has 0 saturated carbocycles. The first-order valence-corrected chi connectivity index (χ1v) is 23.2. The smallest absolute Gasteiger partial charge is 0.194 e. The number of aromatic nitrogens is 1. The van der Waals surface area contributed by atoms with Gasteiger partial charge in [0.1, 0.15) is 11.2 Å². The van der Waals surface area contributed by atoms with E-state index in [0.29, 0.717) is 0 Å². The van der Waals surface area contributed by atoms with Gasteiger partial charge in [-0.2, -0.15) is 0 Å². The Balaban J connectivity index is 1.18. The number of nitrogens with one attached hydrogen (secondary N) is 1. The lowest BCUT2D eigenvalue weighted by Gasteiger charge is -2.43. The van der Waals surface area contributed by atoms with E-state index in [2.05, 4.69) is 204 Å². The normalized spacial score (nSPS) is 17.0. The zero-order valence-corrected chi connectivity index (χ0v) is 37.8. The molecule has 0 spiro atoms. The molecule has 2 aromatic heterocycles. The van der Waals surface area contributed by atoms with Crippen molar-refractivity contribution in [3.63, 3.8) is 0 Å². The van der Waals surface area contributed by atoms with Crippen LogP contribution in [0.4, 0.5) is 11.4 Å². The first kappa shape index (κ1) is 37.8. The number of hydrogen-bond donors (Lipinski definition) is 1. The summed E-state index contributed by atoms with van der Waals surface area (Å²) in [4.78, 5) is 6.71. The maximum atomic E-state index is 7.02. The first-order chi connectivity index (χ1) is 30.9. The molecule has 64 heavy (non-hydrogen) atoms. The number of para-hydroxylation sites is 2. The summed E-state index contributed by atoms with van der Waals surface area (Å²) < 4.78 is 7.02. The largest absolute Gasteiger partial charge is 0.456 e. The maximum Gasteiger partial charge on any atom is 0.194 e. The van der Waals surface area contributed by atoms with Crippen molar-refractivity contribution >= 4 is 84.3 Å². The Morgan fingerprint density at radius 1 is 0.547 bits per heavy atom. The molecule has 0 amide bonds. The van der Waals surface area contributed by atoms with Crippen LogP contribution in [0, 0.1) is 6.92 Å². The highest BCUT2D eigenvalue weighted by Gasteiger charge is 2.48. The lowest BCUT2D eigenvalue weighted by Crippen LogP contribution is -2.38. The van der Waals surface area contributed by atoms with Gasteiger partial charge in [-0.25, -0.2) is 0 Å². The molecule has 0 radical (unpaired) electrons. The Morgan fingerprint density at radius 3 is 2.06 bits per heavy atom. The fourth-order valence-corrected chi connectivity index (χ4v) is 12.2. The second-order valence-electron chi connectivity index (χ2n) is 20.8. The molecule has 4 heteroatoms. The van der Waals surface area contributed by atoms with Gasteiger partial charge in [-0.1, -0.05) is 168 Å². The molecular weight excluding hydrogens is 775 g/mol. The number of allylic oxidation sites excluding steroid dienone is 1. The quantitative estimate of drug-likeness (QED) is 0.180. The summed E-state index contributed by atoms with van der Waals surface area (Å²) in [7, 11) is 0.817. The average Bonchev–Trinajstić information content (AvgIpc) is 3.94. The van der Waals surface area contributed by atoms with Crippen molar-refractivity contribution in [1.82, 2.24) is 4.98 Å². The predicted molar refractivity (Wildman–Crippen MR) is 273 cm³/mol. The number of furan rings is 1. The van der Waals surface area contributed by atoms with Crippen molar-refractivity contribution in [3.8, 4) is 22.3 Å². The van der Waals surface area contributed by atoms with Crippen LogP contribution in [0.15, 0.2) is 155 Å². The molecule has 0 bridgehead atoms. The highest BCUT2D eigenvalue weighted by atomic mass is 16.3. The molecule has 3 heterocycles.